The maximum absolute atomic E-state index is 13.0. The molecular formula is C18H17NO2. The summed E-state index contributed by atoms with van der Waals surface area (Å²) in [5.74, 6) is -0.118. The highest BCUT2D eigenvalue weighted by Gasteiger charge is 2.40. The fourth-order valence-corrected chi connectivity index (χ4v) is 2.46. The molecule has 0 aliphatic rings. The van der Waals surface area contributed by atoms with Crippen LogP contribution in [0.25, 0.3) is 0 Å². The molecule has 2 aromatic carbocycles. The average Bonchev–Trinajstić information content (AvgIpc) is 2.57. The highest BCUT2D eigenvalue weighted by atomic mass is 16.5. The predicted molar refractivity (Wildman–Crippen MR) is 80.7 cm³/mol. The number of benzene rings is 2. The van der Waals surface area contributed by atoms with E-state index in [1.54, 1.807) is 12.1 Å². The van der Waals surface area contributed by atoms with Crippen LogP contribution < -0.4 is 0 Å². The van der Waals surface area contributed by atoms with Gasteiger partial charge in [-0.15, -0.1) is 0 Å². The van der Waals surface area contributed by atoms with Crippen molar-refractivity contribution in [1.82, 2.24) is 0 Å². The van der Waals surface area contributed by atoms with Crippen LogP contribution in [0.4, 0.5) is 0 Å². The lowest BCUT2D eigenvalue weighted by atomic mass is 9.82. The molecule has 2 aromatic rings. The largest absolute Gasteiger partial charge is 0.365 e. The molecule has 0 aliphatic heterocycles. The van der Waals surface area contributed by atoms with E-state index in [0.717, 1.165) is 5.56 Å². The number of carbonyl (C=O) groups excluding carboxylic acids is 1. The summed E-state index contributed by atoms with van der Waals surface area (Å²) in [6.07, 6.45) is 0.582. The van der Waals surface area contributed by atoms with Crippen molar-refractivity contribution in [2.75, 3.05) is 7.11 Å². The van der Waals surface area contributed by atoms with Crippen LogP contribution >= 0.6 is 0 Å². The Morgan fingerprint density at radius 3 is 2.19 bits per heavy atom. The number of hydrogen-bond acceptors (Lipinski definition) is 3. The summed E-state index contributed by atoms with van der Waals surface area (Å²) in [5, 5.41) is 8.91. The van der Waals surface area contributed by atoms with Crippen molar-refractivity contribution in [3.05, 3.63) is 71.8 Å². The van der Waals surface area contributed by atoms with Crippen LogP contribution in [0, 0.1) is 11.3 Å². The topological polar surface area (TPSA) is 50.1 Å². The van der Waals surface area contributed by atoms with E-state index in [9.17, 15) is 4.79 Å². The first-order valence-corrected chi connectivity index (χ1v) is 6.82. The molecule has 3 nitrogen and oxygen atoms in total. The van der Waals surface area contributed by atoms with Gasteiger partial charge < -0.3 is 4.74 Å². The van der Waals surface area contributed by atoms with Crippen LogP contribution in [-0.2, 0) is 10.3 Å². The van der Waals surface area contributed by atoms with Crippen molar-refractivity contribution >= 4 is 5.78 Å². The molecule has 0 amide bonds. The quantitative estimate of drug-likeness (QED) is 0.757. The van der Waals surface area contributed by atoms with E-state index in [4.69, 9.17) is 10.00 Å². The molecule has 0 bridgehead atoms. The van der Waals surface area contributed by atoms with E-state index < -0.39 is 5.60 Å². The van der Waals surface area contributed by atoms with Gasteiger partial charge in [-0.1, -0.05) is 60.7 Å². The molecule has 0 fully saturated rings. The molecule has 0 aromatic heterocycles. The number of hydrogen-bond donors (Lipinski definition) is 0. The van der Waals surface area contributed by atoms with Crippen molar-refractivity contribution < 1.29 is 9.53 Å². The molecule has 0 saturated heterocycles. The summed E-state index contributed by atoms with van der Waals surface area (Å²) in [5.41, 5.74) is 0.246. The molecule has 106 valence electrons. The molecule has 1 atom stereocenters. The predicted octanol–water partition coefficient (Wildman–Crippen LogP) is 3.71. The second kappa shape index (κ2) is 6.83. The fourth-order valence-electron chi connectivity index (χ4n) is 2.46. The first kappa shape index (κ1) is 15.0. The summed E-state index contributed by atoms with van der Waals surface area (Å²) >= 11 is 0. The third kappa shape index (κ3) is 3.01. The SMILES string of the molecule is COC(CCC#N)(C(=O)c1ccccc1)c1ccccc1. The molecule has 0 heterocycles. The molecule has 21 heavy (non-hydrogen) atoms. The van der Waals surface area contributed by atoms with Crippen LogP contribution in [0.1, 0.15) is 28.8 Å². The number of nitrogens with zero attached hydrogens (tertiary/aromatic N) is 1. The third-order valence-electron chi connectivity index (χ3n) is 3.58. The zero-order chi connectivity index (χ0) is 15.1. The number of rotatable bonds is 6. The zero-order valence-corrected chi connectivity index (χ0v) is 12.0. The summed E-state index contributed by atoms with van der Waals surface area (Å²) < 4.78 is 5.64. The average molecular weight is 279 g/mol. The number of nitriles is 1. The minimum atomic E-state index is -1.11. The second-order valence-electron chi connectivity index (χ2n) is 4.75. The van der Waals surface area contributed by atoms with Gasteiger partial charge in [0.2, 0.25) is 0 Å². The number of methoxy groups -OCH3 is 1. The highest BCUT2D eigenvalue weighted by molar-refractivity contribution is 6.03. The van der Waals surface area contributed by atoms with Gasteiger partial charge in [-0.3, -0.25) is 4.79 Å². The van der Waals surface area contributed by atoms with Gasteiger partial charge in [0.25, 0.3) is 0 Å². The smallest absolute Gasteiger partial charge is 0.199 e. The highest BCUT2D eigenvalue weighted by Crippen LogP contribution is 2.34. The molecule has 0 saturated carbocycles. The van der Waals surface area contributed by atoms with Crippen molar-refractivity contribution in [3.63, 3.8) is 0 Å². The molecule has 0 spiro atoms. The van der Waals surface area contributed by atoms with Crippen molar-refractivity contribution in [2.45, 2.75) is 18.4 Å². The molecule has 2 rings (SSSR count). The van der Waals surface area contributed by atoms with Gasteiger partial charge >= 0.3 is 0 Å². The van der Waals surface area contributed by atoms with Gasteiger partial charge in [0, 0.05) is 25.5 Å². The van der Waals surface area contributed by atoms with E-state index in [1.165, 1.54) is 7.11 Å². The lowest BCUT2D eigenvalue weighted by molar-refractivity contribution is -0.00553. The Balaban J connectivity index is 2.50. The Hall–Kier alpha value is -2.44. The van der Waals surface area contributed by atoms with Crippen molar-refractivity contribution in [2.24, 2.45) is 0 Å². The second-order valence-corrected chi connectivity index (χ2v) is 4.75. The minimum absolute atomic E-state index is 0.118. The Labute approximate surface area is 124 Å². The Kier molecular flexibility index (Phi) is 4.86. The zero-order valence-electron chi connectivity index (χ0n) is 12.0. The molecule has 1 unspecified atom stereocenters. The van der Waals surface area contributed by atoms with Gasteiger partial charge in [-0.05, 0) is 5.56 Å². The Morgan fingerprint density at radius 2 is 1.67 bits per heavy atom. The van der Waals surface area contributed by atoms with Gasteiger partial charge in [0.05, 0.1) is 6.07 Å². The standard InChI is InChI=1S/C18H17NO2/c1-21-18(13-8-14-19,16-11-6-3-7-12-16)17(20)15-9-4-2-5-10-15/h2-7,9-12H,8,13H2,1H3. The van der Waals surface area contributed by atoms with Gasteiger partial charge in [-0.25, -0.2) is 0 Å². The van der Waals surface area contributed by atoms with E-state index in [1.807, 2.05) is 48.5 Å². The van der Waals surface area contributed by atoms with Crippen LogP contribution in [0.15, 0.2) is 60.7 Å². The first-order valence-electron chi connectivity index (χ1n) is 6.82. The maximum Gasteiger partial charge on any atom is 0.199 e. The summed E-state index contributed by atoms with van der Waals surface area (Å²) in [4.78, 5) is 13.0. The van der Waals surface area contributed by atoms with Crippen LogP contribution in [0.5, 0.6) is 0 Å². The molecule has 0 aliphatic carbocycles. The van der Waals surface area contributed by atoms with E-state index >= 15 is 0 Å². The number of Topliss-reactive ketones (excluding diaryl/α,β-unsaturated/α-hetero) is 1. The number of ether oxygens (including phenoxy) is 1. The number of ketones is 1. The fraction of sp³-hybridized carbons (Fsp3) is 0.222. The third-order valence-corrected chi connectivity index (χ3v) is 3.58. The van der Waals surface area contributed by atoms with Crippen LogP contribution in [-0.4, -0.2) is 12.9 Å². The first-order chi connectivity index (χ1) is 10.2. The van der Waals surface area contributed by atoms with E-state index in [0.29, 0.717) is 12.0 Å². The molecule has 0 N–H and O–H groups in total. The normalized spacial score (nSPS) is 13.1. The Morgan fingerprint density at radius 1 is 1.10 bits per heavy atom. The van der Waals surface area contributed by atoms with Gasteiger partial charge in [0.1, 0.15) is 0 Å². The minimum Gasteiger partial charge on any atom is -0.365 e. The monoisotopic (exact) mass is 279 g/mol. The van der Waals surface area contributed by atoms with Crippen LogP contribution in [0.2, 0.25) is 0 Å². The lowest BCUT2D eigenvalue weighted by Gasteiger charge is -2.31. The maximum atomic E-state index is 13.0. The van der Waals surface area contributed by atoms with E-state index in [2.05, 4.69) is 6.07 Å². The lowest BCUT2D eigenvalue weighted by Crippen LogP contribution is -2.38. The number of carbonyl (C=O) groups is 1. The van der Waals surface area contributed by atoms with Crippen LogP contribution in [0.3, 0.4) is 0 Å². The summed E-state index contributed by atoms with van der Waals surface area (Å²) in [6.45, 7) is 0. The molecular weight excluding hydrogens is 262 g/mol. The van der Waals surface area contributed by atoms with Gasteiger partial charge in [-0.2, -0.15) is 5.26 Å². The molecule has 3 heteroatoms. The summed E-state index contributed by atoms with van der Waals surface area (Å²) in [7, 11) is 1.52. The molecule has 0 radical (unpaired) electrons. The summed E-state index contributed by atoms with van der Waals surface area (Å²) in [6, 6.07) is 20.5. The van der Waals surface area contributed by atoms with Gasteiger partial charge in [0.15, 0.2) is 11.4 Å². The van der Waals surface area contributed by atoms with Crippen molar-refractivity contribution in [1.29, 1.82) is 5.26 Å². The Bertz CT molecular complexity index is 631. The van der Waals surface area contributed by atoms with Crippen molar-refractivity contribution in [3.8, 4) is 6.07 Å². The van der Waals surface area contributed by atoms with E-state index in [-0.39, 0.29) is 12.2 Å².